The molecule has 0 aliphatic rings. The maximum absolute atomic E-state index is 12.7. The van der Waals surface area contributed by atoms with Crippen LogP contribution in [0.15, 0.2) is 59.5 Å². The van der Waals surface area contributed by atoms with Crippen LogP contribution in [0.4, 0.5) is 0 Å². The Balaban J connectivity index is 1.52. The largest absolute Gasteiger partial charge is 0.497 e. The SMILES string of the molecule is COc1cccc(CNC(=O)Cn2ncc3c([nH]c4ccccc43)c2=O)c1. The van der Waals surface area contributed by atoms with E-state index >= 15 is 0 Å². The van der Waals surface area contributed by atoms with Gasteiger partial charge in [0.1, 0.15) is 17.8 Å². The van der Waals surface area contributed by atoms with E-state index in [9.17, 15) is 9.59 Å². The van der Waals surface area contributed by atoms with Crippen LogP contribution in [-0.4, -0.2) is 27.8 Å². The van der Waals surface area contributed by atoms with Crippen LogP contribution in [0.3, 0.4) is 0 Å². The second-order valence-electron chi connectivity index (χ2n) is 6.19. The molecule has 7 nitrogen and oxygen atoms in total. The molecule has 0 unspecified atom stereocenters. The molecule has 136 valence electrons. The molecule has 2 N–H and O–H groups in total. The highest BCUT2D eigenvalue weighted by molar-refractivity contribution is 6.06. The number of H-pyrrole nitrogens is 1. The summed E-state index contributed by atoms with van der Waals surface area (Å²) >= 11 is 0. The lowest BCUT2D eigenvalue weighted by Gasteiger charge is -2.08. The first-order valence-electron chi connectivity index (χ1n) is 8.52. The quantitative estimate of drug-likeness (QED) is 0.570. The smallest absolute Gasteiger partial charge is 0.291 e. The number of nitrogens with one attached hydrogen (secondary N) is 2. The second kappa shape index (κ2) is 6.95. The third-order valence-electron chi connectivity index (χ3n) is 4.44. The highest BCUT2D eigenvalue weighted by Gasteiger charge is 2.12. The number of rotatable bonds is 5. The van der Waals surface area contributed by atoms with E-state index in [4.69, 9.17) is 4.74 Å². The Kier molecular flexibility index (Phi) is 4.33. The molecule has 0 atom stereocenters. The van der Waals surface area contributed by atoms with Crippen LogP contribution >= 0.6 is 0 Å². The number of para-hydroxylation sites is 1. The lowest BCUT2D eigenvalue weighted by Crippen LogP contribution is -2.33. The molecule has 2 aromatic heterocycles. The molecule has 0 fully saturated rings. The Labute approximate surface area is 154 Å². The van der Waals surface area contributed by atoms with Gasteiger partial charge in [-0.1, -0.05) is 30.3 Å². The number of methoxy groups -OCH3 is 1. The average molecular weight is 362 g/mol. The molecule has 7 heteroatoms. The highest BCUT2D eigenvalue weighted by atomic mass is 16.5. The van der Waals surface area contributed by atoms with Gasteiger partial charge in [0.2, 0.25) is 5.91 Å². The molecule has 2 aromatic carbocycles. The molecule has 27 heavy (non-hydrogen) atoms. The van der Waals surface area contributed by atoms with Crippen molar-refractivity contribution in [2.75, 3.05) is 7.11 Å². The molecule has 0 bridgehead atoms. The third-order valence-corrected chi connectivity index (χ3v) is 4.44. The molecule has 0 aliphatic heterocycles. The van der Waals surface area contributed by atoms with E-state index < -0.39 is 0 Å². The molecule has 0 aliphatic carbocycles. The van der Waals surface area contributed by atoms with Gasteiger partial charge in [-0.05, 0) is 23.8 Å². The first-order valence-corrected chi connectivity index (χ1v) is 8.52. The minimum Gasteiger partial charge on any atom is -0.497 e. The van der Waals surface area contributed by atoms with Crippen molar-refractivity contribution >= 4 is 27.7 Å². The Hall–Kier alpha value is -3.61. The van der Waals surface area contributed by atoms with Crippen molar-refractivity contribution < 1.29 is 9.53 Å². The third kappa shape index (κ3) is 3.27. The van der Waals surface area contributed by atoms with Gasteiger partial charge in [-0.25, -0.2) is 4.68 Å². The Morgan fingerprint density at radius 3 is 2.89 bits per heavy atom. The number of fused-ring (bicyclic) bond motifs is 3. The fraction of sp³-hybridized carbons (Fsp3) is 0.150. The first-order chi connectivity index (χ1) is 13.2. The van der Waals surface area contributed by atoms with Crippen molar-refractivity contribution in [1.29, 1.82) is 0 Å². The summed E-state index contributed by atoms with van der Waals surface area (Å²) in [6, 6.07) is 15.1. The summed E-state index contributed by atoms with van der Waals surface area (Å²) in [7, 11) is 1.59. The zero-order chi connectivity index (χ0) is 18.8. The molecule has 1 amide bonds. The van der Waals surface area contributed by atoms with Gasteiger partial charge in [-0.2, -0.15) is 5.10 Å². The summed E-state index contributed by atoms with van der Waals surface area (Å²) in [6.07, 6.45) is 1.62. The van der Waals surface area contributed by atoms with E-state index in [0.717, 1.165) is 27.6 Å². The van der Waals surface area contributed by atoms with Crippen LogP contribution in [0, 0.1) is 0 Å². The molecule has 4 rings (SSSR count). The lowest BCUT2D eigenvalue weighted by molar-refractivity contribution is -0.122. The summed E-state index contributed by atoms with van der Waals surface area (Å²) < 4.78 is 6.33. The van der Waals surface area contributed by atoms with Crippen LogP contribution in [0.2, 0.25) is 0 Å². The van der Waals surface area contributed by atoms with Crippen molar-refractivity contribution in [2.24, 2.45) is 0 Å². The van der Waals surface area contributed by atoms with Crippen LogP contribution in [-0.2, 0) is 17.9 Å². The number of nitrogens with zero attached hydrogens (tertiary/aromatic N) is 2. The van der Waals surface area contributed by atoms with Gasteiger partial charge >= 0.3 is 0 Å². The van der Waals surface area contributed by atoms with Crippen LogP contribution in [0.25, 0.3) is 21.8 Å². The number of hydrogen-bond donors (Lipinski definition) is 2. The Bertz CT molecular complexity index is 1190. The zero-order valence-corrected chi connectivity index (χ0v) is 14.7. The molecule has 0 spiro atoms. The average Bonchev–Trinajstić information content (AvgIpc) is 3.08. The molecular formula is C20H18N4O3. The van der Waals surface area contributed by atoms with Crippen molar-refractivity contribution in [2.45, 2.75) is 13.1 Å². The maximum Gasteiger partial charge on any atom is 0.291 e. The van der Waals surface area contributed by atoms with Crippen LogP contribution in [0.5, 0.6) is 5.75 Å². The first kappa shape index (κ1) is 16.8. The Morgan fingerprint density at radius 1 is 1.19 bits per heavy atom. The van der Waals surface area contributed by atoms with Crippen molar-refractivity contribution in [3.8, 4) is 5.75 Å². The summed E-state index contributed by atoms with van der Waals surface area (Å²) in [5.74, 6) is 0.437. The van der Waals surface area contributed by atoms with E-state index in [-0.39, 0.29) is 18.0 Å². The van der Waals surface area contributed by atoms with Gasteiger partial charge in [0.15, 0.2) is 0 Å². The van der Waals surface area contributed by atoms with Crippen LogP contribution < -0.4 is 15.6 Å². The van der Waals surface area contributed by atoms with Gasteiger partial charge in [-0.15, -0.1) is 0 Å². The standard InChI is InChI=1S/C20H18N4O3/c1-27-14-6-4-5-13(9-14)10-21-18(25)12-24-20(26)19-16(11-22-24)15-7-2-3-8-17(15)23-19/h2-9,11,23H,10,12H2,1H3,(H,21,25). The molecule has 0 saturated carbocycles. The highest BCUT2D eigenvalue weighted by Crippen LogP contribution is 2.21. The summed E-state index contributed by atoms with van der Waals surface area (Å²) in [5, 5.41) is 8.64. The minimum absolute atomic E-state index is 0.145. The number of aromatic nitrogens is 3. The number of carbonyl (C=O) groups is 1. The van der Waals surface area contributed by atoms with Crippen molar-refractivity contribution in [1.82, 2.24) is 20.1 Å². The minimum atomic E-state index is -0.319. The van der Waals surface area contributed by atoms with Crippen molar-refractivity contribution in [3.63, 3.8) is 0 Å². The molecule has 2 heterocycles. The molecule has 4 aromatic rings. The van der Waals surface area contributed by atoms with E-state index in [1.165, 1.54) is 4.68 Å². The van der Waals surface area contributed by atoms with Gasteiger partial charge in [0, 0.05) is 22.8 Å². The number of benzene rings is 2. The normalized spacial score (nSPS) is 11.0. The van der Waals surface area contributed by atoms with Crippen LogP contribution in [0.1, 0.15) is 5.56 Å². The van der Waals surface area contributed by atoms with E-state index in [2.05, 4.69) is 15.4 Å². The monoisotopic (exact) mass is 362 g/mol. The van der Waals surface area contributed by atoms with Gasteiger partial charge < -0.3 is 15.0 Å². The maximum atomic E-state index is 12.7. The molecular weight excluding hydrogens is 344 g/mol. The van der Waals surface area contributed by atoms with Gasteiger partial charge in [0.25, 0.3) is 5.56 Å². The van der Waals surface area contributed by atoms with E-state index in [1.807, 2.05) is 48.5 Å². The van der Waals surface area contributed by atoms with E-state index in [0.29, 0.717) is 12.1 Å². The lowest BCUT2D eigenvalue weighted by atomic mass is 10.2. The molecule has 0 saturated heterocycles. The number of carbonyl (C=O) groups excluding carboxylic acids is 1. The fourth-order valence-corrected chi connectivity index (χ4v) is 3.06. The number of amides is 1. The second-order valence-corrected chi connectivity index (χ2v) is 6.19. The summed E-state index contributed by atoms with van der Waals surface area (Å²) in [6.45, 7) is 0.202. The van der Waals surface area contributed by atoms with Gasteiger partial charge in [0.05, 0.1) is 13.3 Å². The predicted molar refractivity (Wildman–Crippen MR) is 103 cm³/mol. The fourth-order valence-electron chi connectivity index (χ4n) is 3.06. The number of ether oxygens (including phenoxy) is 1. The number of aromatic amines is 1. The van der Waals surface area contributed by atoms with Gasteiger partial charge in [-0.3, -0.25) is 9.59 Å². The summed E-state index contributed by atoms with van der Waals surface area (Å²) in [4.78, 5) is 28.0. The number of hydrogen-bond acceptors (Lipinski definition) is 4. The molecule has 0 radical (unpaired) electrons. The van der Waals surface area contributed by atoms with E-state index in [1.54, 1.807) is 13.3 Å². The predicted octanol–water partition coefficient (Wildman–Crippen LogP) is 2.20. The topological polar surface area (TPSA) is 89.0 Å². The Morgan fingerprint density at radius 2 is 2.04 bits per heavy atom. The summed E-state index contributed by atoms with van der Waals surface area (Å²) in [5.41, 5.74) is 1.91. The zero-order valence-electron chi connectivity index (χ0n) is 14.7. The van der Waals surface area contributed by atoms with Crippen molar-refractivity contribution in [3.05, 3.63) is 70.6 Å².